The summed E-state index contributed by atoms with van der Waals surface area (Å²) >= 11 is 0. The van der Waals surface area contributed by atoms with Crippen molar-refractivity contribution in [1.82, 2.24) is 0 Å². The number of hydrogen-bond acceptors (Lipinski definition) is 0. The van der Waals surface area contributed by atoms with Crippen LogP contribution in [0.4, 0.5) is 0 Å². The van der Waals surface area contributed by atoms with Crippen molar-refractivity contribution in [2.24, 2.45) is 0 Å². The van der Waals surface area contributed by atoms with E-state index < -0.39 is 0 Å². The van der Waals surface area contributed by atoms with Crippen LogP contribution in [0.3, 0.4) is 0 Å². The maximum atomic E-state index is 2.26. The predicted molar refractivity (Wildman–Crippen MR) is 409 cm³/mol. The van der Waals surface area contributed by atoms with E-state index in [4.69, 9.17) is 0 Å². The van der Waals surface area contributed by atoms with Gasteiger partial charge in [-0.15, -0.1) is 0 Å². The van der Waals surface area contributed by atoms with E-state index >= 15 is 0 Å². The van der Waals surface area contributed by atoms with Crippen LogP contribution >= 0.6 is 0 Å². The third-order valence-corrected chi connectivity index (χ3v) is 16.9. The highest BCUT2D eigenvalue weighted by Gasteiger charge is 2.15. The summed E-state index contributed by atoms with van der Waals surface area (Å²) in [6.45, 7) is 52.7. The highest BCUT2D eigenvalue weighted by molar-refractivity contribution is 5.66. The summed E-state index contributed by atoms with van der Waals surface area (Å²) < 4.78 is 0. The Hall–Kier alpha value is -7.80. The van der Waals surface area contributed by atoms with Gasteiger partial charge < -0.3 is 0 Å². The minimum Gasteiger partial charge on any atom is -0.0622 e. The molecule has 0 unspecified atom stereocenters. The van der Waals surface area contributed by atoms with Crippen LogP contribution in [0, 0.1) is 83.1 Å². The Bertz CT molecular complexity index is 3470. The van der Waals surface area contributed by atoms with Crippen molar-refractivity contribution in [3.8, 4) is 11.1 Å². The van der Waals surface area contributed by atoms with Crippen LogP contribution in [0.5, 0.6) is 0 Å². The zero-order valence-electron chi connectivity index (χ0n) is 61.4. The third-order valence-electron chi connectivity index (χ3n) is 16.9. The topological polar surface area (TPSA) is 0 Å². The molecule has 0 aliphatic rings. The van der Waals surface area contributed by atoms with Crippen LogP contribution < -0.4 is 0 Å². The molecular weight excluding hydrogens is 1090 g/mol. The molecule has 0 amide bonds. The van der Waals surface area contributed by atoms with Gasteiger partial charge in [0.05, 0.1) is 0 Å². The first-order valence-corrected chi connectivity index (χ1v) is 33.7. The summed E-state index contributed by atoms with van der Waals surface area (Å²) in [5.41, 5.74) is 29.9. The second kappa shape index (κ2) is 43.1. The molecule has 91 heavy (non-hydrogen) atoms. The Morgan fingerprint density at radius 3 is 0.923 bits per heavy atom. The van der Waals surface area contributed by atoms with Gasteiger partial charge in [0.15, 0.2) is 0 Å². The second-order valence-corrected chi connectivity index (χ2v) is 26.1. The first kappa shape index (κ1) is 79.3. The lowest BCUT2D eigenvalue weighted by Gasteiger charge is -2.21. The maximum absolute atomic E-state index is 2.26. The van der Waals surface area contributed by atoms with E-state index in [9.17, 15) is 0 Å². The van der Waals surface area contributed by atoms with E-state index in [1.165, 1.54) is 117 Å². The van der Waals surface area contributed by atoms with Gasteiger partial charge in [-0.2, -0.15) is 0 Å². The fourth-order valence-electron chi connectivity index (χ4n) is 10.7. The van der Waals surface area contributed by atoms with Gasteiger partial charge >= 0.3 is 0 Å². The lowest BCUT2D eigenvalue weighted by Crippen LogP contribution is -2.12. The molecule has 10 rings (SSSR count). The SMILES string of the molecule is CCc1cccc(CC)c1C.CCc1ccccc1C.Cc1c(C(C)C)cccc1C(C)C.Cc1cccc(C)c1C.Cc1ccccc1.Cc1ccccc1-c1ccccc1.Cc1ccccc1C.Cc1ccccc1C(C)(C)C.Cc1ccccc1C(C)C. The first-order valence-electron chi connectivity index (χ1n) is 33.7. The van der Waals surface area contributed by atoms with Crippen molar-refractivity contribution < 1.29 is 0 Å². The Kier molecular flexibility index (Phi) is 37.5. The molecule has 0 fully saturated rings. The van der Waals surface area contributed by atoms with Crippen molar-refractivity contribution in [1.29, 1.82) is 0 Å². The van der Waals surface area contributed by atoms with Crippen molar-refractivity contribution in [2.45, 2.75) is 209 Å². The Morgan fingerprint density at radius 2 is 0.582 bits per heavy atom. The zero-order valence-corrected chi connectivity index (χ0v) is 61.4. The molecule has 0 saturated carbocycles. The largest absolute Gasteiger partial charge is 0.0622 e. The summed E-state index contributed by atoms with van der Waals surface area (Å²) in [7, 11) is 0. The summed E-state index contributed by atoms with van der Waals surface area (Å²) in [6.07, 6.45) is 3.45. The van der Waals surface area contributed by atoms with E-state index in [-0.39, 0.29) is 5.41 Å². The average molecular weight is 1210 g/mol. The van der Waals surface area contributed by atoms with Crippen LogP contribution in [-0.2, 0) is 24.7 Å². The average Bonchev–Trinajstić information content (AvgIpc) is 2.63. The van der Waals surface area contributed by atoms with Gasteiger partial charge in [0.2, 0.25) is 0 Å². The molecule has 0 saturated heterocycles. The molecular formula is C91H120. The minimum atomic E-state index is 0.283. The molecule has 484 valence electrons. The van der Waals surface area contributed by atoms with Gasteiger partial charge in [-0.05, 0) is 237 Å². The fourth-order valence-corrected chi connectivity index (χ4v) is 10.7. The van der Waals surface area contributed by atoms with Gasteiger partial charge in [-0.3, -0.25) is 0 Å². The highest BCUT2D eigenvalue weighted by Crippen LogP contribution is 2.28. The zero-order chi connectivity index (χ0) is 68.1. The Morgan fingerprint density at radius 1 is 0.253 bits per heavy atom. The number of benzene rings is 10. The molecule has 0 spiro atoms. The molecule has 10 aromatic carbocycles. The summed E-state index contributed by atoms with van der Waals surface area (Å²) in [4.78, 5) is 0. The van der Waals surface area contributed by atoms with Crippen molar-refractivity contribution in [2.75, 3.05) is 0 Å². The van der Waals surface area contributed by atoms with Crippen molar-refractivity contribution >= 4 is 0 Å². The lowest BCUT2D eigenvalue weighted by molar-refractivity contribution is 0.586. The van der Waals surface area contributed by atoms with E-state index in [1.807, 2.05) is 24.3 Å². The van der Waals surface area contributed by atoms with Crippen LogP contribution in [0.15, 0.2) is 237 Å². The molecule has 0 nitrogen and oxygen atoms in total. The maximum Gasteiger partial charge on any atom is -0.0129 e. The quantitative estimate of drug-likeness (QED) is 0.149. The summed E-state index contributed by atoms with van der Waals surface area (Å²) in [5.74, 6) is 1.93. The van der Waals surface area contributed by atoms with E-state index in [0.29, 0.717) is 17.8 Å². The fraction of sp³-hybridized carbons (Fsp3) is 0.341. The molecule has 0 aromatic heterocycles. The van der Waals surface area contributed by atoms with Gasteiger partial charge in [0, 0.05) is 0 Å². The van der Waals surface area contributed by atoms with Gasteiger partial charge in [0.25, 0.3) is 0 Å². The highest BCUT2D eigenvalue weighted by atomic mass is 14.2. The number of rotatable bonds is 7. The van der Waals surface area contributed by atoms with Gasteiger partial charge in [-0.25, -0.2) is 0 Å². The van der Waals surface area contributed by atoms with Crippen LogP contribution in [-0.4, -0.2) is 0 Å². The van der Waals surface area contributed by atoms with Crippen LogP contribution in [0.2, 0.25) is 0 Å². The third kappa shape index (κ3) is 29.8. The monoisotopic (exact) mass is 1210 g/mol. The van der Waals surface area contributed by atoms with Gasteiger partial charge in [0.1, 0.15) is 0 Å². The van der Waals surface area contributed by atoms with Crippen molar-refractivity contribution in [3.63, 3.8) is 0 Å². The van der Waals surface area contributed by atoms with Crippen LogP contribution in [0.1, 0.15) is 207 Å². The molecule has 0 atom stereocenters. The molecule has 0 aliphatic heterocycles. The normalized spacial score (nSPS) is 10.2. The molecule has 10 aromatic rings. The standard InChI is InChI=1S/C13H12.C13H20.2C11H16.C10H14.2C9H12.C8H10.C7H8/c1-11-7-5-6-10-13(11)12-8-3-2-4-9-12;1-9(2)12-7-6-8-13(10(3)4)11(12)5;1-9-7-5-6-8-10(9)11(2,3)4;1-4-10-7-6-8-11(5-2)9(10)3;1-8(2)10-7-5-4-6-9(10)3;1-7-5-4-6-8(2)9(7)3;1-3-9-7-5-4-6-8(9)2;1-7-5-3-4-6-8(7)2;1-7-5-3-2-4-6-7/h2-10H,1H3;6-10H,1-5H3;5-8H,1-4H3;6-8H,4-5H2,1-3H3;4-8H,1-3H3;4-6H,1-3H3;4-7H,3H2,1-2H3;3-6H,1-2H3;2-6H,1H3. The molecule has 0 aliphatic carbocycles. The summed E-state index contributed by atoms with van der Waals surface area (Å²) in [6, 6.07) is 82.8. The Labute approximate surface area is 558 Å². The van der Waals surface area contributed by atoms with E-state index in [1.54, 1.807) is 0 Å². The molecule has 0 heteroatoms. The molecule has 0 radical (unpaired) electrons. The first-order chi connectivity index (χ1) is 43.2. The second-order valence-electron chi connectivity index (χ2n) is 26.1. The van der Waals surface area contributed by atoms with Gasteiger partial charge in [-0.1, -0.05) is 325 Å². The van der Waals surface area contributed by atoms with E-state index in [0.717, 1.165) is 19.3 Å². The molecule has 0 heterocycles. The minimum absolute atomic E-state index is 0.283. The van der Waals surface area contributed by atoms with E-state index in [2.05, 4.69) is 378 Å². The lowest BCUT2D eigenvalue weighted by atomic mass is 9.84. The molecule has 0 N–H and O–H groups in total. The predicted octanol–water partition coefficient (Wildman–Crippen LogP) is 26.9. The van der Waals surface area contributed by atoms with Crippen LogP contribution in [0.25, 0.3) is 11.1 Å². The number of hydrogen-bond donors (Lipinski definition) is 0. The smallest absolute Gasteiger partial charge is 0.0129 e. The van der Waals surface area contributed by atoms with Crippen molar-refractivity contribution in [3.05, 3.63) is 342 Å². The summed E-state index contributed by atoms with van der Waals surface area (Å²) in [5, 5.41) is 0. The number of aryl methyl sites for hydroxylation is 12. The molecule has 0 bridgehead atoms. The Balaban J connectivity index is 0.000000351.